The minimum absolute atomic E-state index is 0.0872. The molecule has 0 N–H and O–H groups in total. The van der Waals surface area contributed by atoms with Gasteiger partial charge in [-0.2, -0.15) is 0 Å². The van der Waals surface area contributed by atoms with Crippen molar-refractivity contribution >= 4 is 11.6 Å². The Hall–Kier alpha value is -2.94. The van der Waals surface area contributed by atoms with Crippen LogP contribution in [0, 0.1) is 0 Å². The molecule has 0 fully saturated rings. The van der Waals surface area contributed by atoms with Crippen molar-refractivity contribution in [3.05, 3.63) is 96.3 Å². The summed E-state index contributed by atoms with van der Waals surface area (Å²) in [7, 11) is 1.83. The Kier molecular flexibility index (Phi) is 5.02. The number of anilines is 1. The first-order valence-electron chi connectivity index (χ1n) is 8.02. The Morgan fingerprint density at radius 3 is 2.12 bits per heavy atom. The Labute approximate surface area is 142 Å². The standard InChI is InChI=1S/C21H20N2O/c1-23(19-10-6-3-7-11-19)21(24)20(18-8-4-2-5-9-18)16-17-12-14-22-15-13-17/h2-15,20H,16H2,1H3. The number of carbonyl (C=O) groups excluding carboxylic acids is 1. The molecule has 120 valence electrons. The third kappa shape index (κ3) is 3.69. The van der Waals surface area contributed by atoms with E-state index in [1.54, 1.807) is 17.3 Å². The van der Waals surface area contributed by atoms with Gasteiger partial charge in [-0.05, 0) is 41.8 Å². The number of benzene rings is 2. The summed E-state index contributed by atoms with van der Waals surface area (Å²) in [5.74, 6) is -0.136. The molecule has 0 aliphatic carbocycles. The topological polar surface area (TPSA) is 33.2 Å². The zero-order valence-corrected chi connectivity index (χ0v) is 13.7. The second-order valence-corrected chi connectivity index (χ2v) is 5.76. The highest BCUT2D eigenvalue weighted by molar-refractivity contribution is 5.97. The predicted molar refractivity (Wildman–Crippen MR) is 97.0 cm³/mol. The van der Waals surface area contributed by atoms with Gasteiger partial charge in [0.2, 0.25) is 5.91 Å². The summed E-state index contributed by atoms with van der Waals surface area (Å²) in [5.41, 5.74) is 3.04. The summed E-state index contributed by atoms with van der Waals surface area (Å²) < 4.78 is 0. The molecule has 1 heterocycles. The van der Waals surface area contributed by atoms with Crippen LogP contribution in [0.1, 0.15) is 17.0 Å². The van der Waals surface area contributed by atoms with Gasteiger partial charge in [0, 0.05) is 25.1 Å². The Balaban J connectivity index is 1.91. The number of pyridine rings is 1. The molecule has 1 unspecified atom stereocenters. The van der Waals surface area contributed by atoms with Crippen molar-refractivity contribution in [2.24, 2.45) is 0 Å². The molecule has 1 atom stereocenters. The number of hydrogen-bond donors (Lipinski definition) is 0. The molecule has 0 aliphatic rings. The minimum Gasteiger partial charge on any atom is -0.315 e. The first-order valence-corrected chi connectivity index (χ1v) is 8.02. The molecule has 3 nitrogen and oxygen atoms in total. The lowest BCUT2D eigenvalue weighted by atomic mass is 9.91. The smallest absolute Gasteiger partial charge is 0.234 e. The zero-order valence-electron chi connectivity index (χ0n) is 13.7. The number of amides is 1. The molecule has 3 aromatic rings. The highest BCUT2D eigenvalue weighted by Crippen LogP contribution is 2.25. The summed E-state index contributed by atoms with van der Waals surface area (Å²) in [6, 6.07) is 23.6. The van der Waals surface area contributed by atoms with Crippen molar-refractivity contribution < 1.29 is 4.79 Å². The average Bonchev–Trinajstić information content (AvgIpc) is 2.67. The first kappa shape index (κ1) is 15.9. The third-order valence-corrected chi connectivity index (χ3v) is 4.16. The second-order valence-electron chi connectivity index (χ2n) is 5.76. The summed E-state index contributed by atoms with van der Waals surface area (Å²) >= 11 is 0. The van der Waals surface area contributed by atoms with Crippen molar-refractivity contribution in [1.29, 1.82) is 0 Å². The van der Waals surface area contributed by atoms with E-state index in [9.17, 15) is 4.79 Å². The normalized spacial score (nSPS) is 11.7. The summed E-state index contributed by atoms with van der Waals surface area (Å²) in [6.45, 7) is 0. The number of rotatable bonds is 5. The van der Waals surface area contributed by atoms with Gasteiger partial charge in [0.05, 0.1) is 5.92 Å². The van der Waals surface area contributed by atoms with Gasteiger partial charge in [-0.3, -0.25) is 9.78 Å². The van der Waals surface area contributed by atoms with E-state index in [4.69, 9.17) is 0 Å². The van der Waals surface area contributed by atoms with Crippen molar-refractivity contribution in [3.63, 3.8) is 0 Å². The van der Waals surface area contributed by atoms with Gasteiger partial charge in [0.15, 0.2) is 0 Å². The van der Waals surface area contributed by atoms with Crippen LogP contribution in [-0.4, -0.2) is 17.9 Å². The molecule has 0 saturated carbocycles. The van der Waals surface area contributed by atoms with E-state index < -0.39 is 0 Å². The van der Waals surface area contributed by atoms with Crippen molar-refractivity contribution in [2.75, 3.05) is 11.9 Å². The van der Waals surface area contributed by atoms with Gasteiger partial charge >= 0.3 is 0 Å². The summed E-state index contributed by atoms with van der Waals surface area (Å²) in [5, 5.41) is 0. The molecule has 1 amide bonds. The highest BCUT2D eigenvalue weighted by Gasteiger charge is 2.25. The molecule has 0 aliphatic heterocycles. The van der Waals surface area contributed by atoms with Crippen molar-refractivity contribution in [1.82, 2.24) is 4.98 Å². The largest absolute Gasteiger partial charge is 0.315 e. The Bertz CT molecular complexity index is 773. The van der Waals surface area contributed by atoms with Crippen LogP contribution < -0.4 is 4.90 Å². The molecule has 24 heavy (non-hydrogen) atoms. The maximum atomic E-state index is 13.2. The Morgan fingerprint density at radius 1 is 0.917 bits per heavy atom. The van der Waals surface area contributed by atoms with E-state index in [2.05, 4.69) is 4.98 Å². The zero-order chi connectivity index (χ0) is 16.8. The quantitative estimate of drug-likeness (QED) is 0.711. The van der Waals surface area contributed by atoms with Crippen LogP contribution in [0.5, 0.6) is 0 Å². The molecule has 1 aromatic heterocycles. The van der Waals surface area contributed by atoms with Crippen LogP contribution in [0.3, 0.4) is 0 Å². The van der Waals surface area contributed by atoms with Gasteiger partial charge in [0.1, 0.15) is 0 Å². The van der Waals surface area contributed by atoms with E-state index in [1.807, 2.05) is 79.8 Å². The molecule has 0 bridgehead atoms. The fourth-order valence-electron chi connectivity index (χ4n) is 2.80. The fraction of sp³-hybridized carbons (Fsp3) is 0.143. The van der Waals surface area contributed by atoms with Gasteiger partial charge in [0.25, 0.3) is 0 Å². The Morgan fingerprint density at radius 2 is 1.50 bits per heavy atom. The number of aromatic nitrogens is 1. The molecule has 0 spiro atoms. The molecule has 3 heteroatoms. The lowest BCUT2D eigenvalue weighted by Gasteiger charge is -2.24. The number of hydrogen-bond acceptors (Lipinski definition) is 2. The maximum Gasteiger partial charge on any atom is 0.234 e. The number of likely N-dealkylation sites (N-methyl/N-ethyl adjacent to an activating group) is 1. The number of nitrogens with zero attached hydrogens (tertiary/aromatic N) is 2. The molecular formula is C21H20N2O. The van der Waals surface area contributed by atoms with Gasteiger partial charge in [-0.1, -0.05) is 48.5 Å². The van der Waals surface area contributed by atoms with Crippen LogP contribution in [0.4, 0.5) is 5.69 Å². The van der Waals surface area contributed by atoms with Crippen LogP contribution in [-0.2, 0) is 11.2 Å². The van der Waals surface area contributed by atoms with Crippen LogP contribution in [0.15, 0.2) is 85.2 Å². The molecule has 3 rings (SSSR count). The predicted octanol–water partition coefficient (Wildman–Crippen LogP) is 4.07. The first-order chi connectivity index (χ1) is 11.8. The SMILES string of the molecule is CN(C(=O)C(Cc1ccncc1)c1ccccc1)c1ccccc1. The monoisotopic (exact) mass is 316 g/mol. The second kappa shape index (κ2) is 7.55. The molecule has 0 saturated heterocycles. The lowest BCUT2D eigenvalue weighted by molar-refractivity contribution is -0.119. The van der Waals surface area contributed by atoms with E-state index in [0.29, 0.717) is 6.42 Å². The van der Waals surface area contributed by atoms with E-state index in [-0.39, 0.29) is 11.8 Å². The van der Waals surface area contributed by atoms with E-state index in [1.165, 1.54) is 0 Å². The van der Waals surface area contributed by atoms with Crippen molar-refractivity contribution in [2.45, 2.75) is 12.3 Å². The van der Waals surface area contributed by atoms with Gasteiger partial charge in [-0.25, -0.2) is 0 Å². The summed E-state index contributed by atoms with van der Waals surface area (Å²) in [6.07, 6.45) is 4.19. The summed E-state index contributed by atoms with van der Waals surface area (Å²) in [4.78, 5) is 19.0. The van der Waals surface area contributed by atoms with E-state index in [0.717, 1.165) is 16.8 Å². The lowest BCUT2D eigenvalue weighted by Crippen LogP contribution is -2.32. The highest BCUT2D eigenvalue weighted by atomic mass is 16.2. The van der Waals surface area contributed by atoms with E-state index >= 15 is 0 Å². The van der Waals surface area contributed by atoms with Crippen molar-refractivity contribution in [3.8, 4) is 0 Å². The molecule has 2 aromatic carbocycles. The molecule has 0 radical (unpaired) electrons. The minimum atomic E-state index is -0.223. The van der Waals surface area contributed by atoms with Gasteiger partial charge in [-0.15, -0.1) is 0 Å². The van der Waals surface area contributed by atoms with Crippen LogP contribution in [0.2, 0.25) is 0 Å². The van der Waals surface area contributed by atoms with Gasteiger partial charge < -0.3 is 4.90 Å². The number of para-hydroxylation sites is 1. The van der Waals surface area contributed by atoms with Crippen LogP contribution >= 0.6 is 0 Å². The average molecular weight is 316 g/mol. The number of carbonyl (C=O) groups is 1. The third-order valence-electron chi connectivity index (χ3n) is 4.16. The maximum absolute atomic E-state index is 13.2. The van der Waals surface area contributed by atoms with Crippen LogP contribution in [0.25, 0.3) is 0 Å². The molecular weight excluding hydrogens is 296 g/mol. The fourth-order valence-corrected chi connectivity index (χ4v) is 2.80.